The van der Waals surface area contributed by atoms with E-state index in [1.165, 1.54) is 5.56 Å². The lowest BCUT2D eigenvalue weighted by Gasteiger charge is -2.06. The monoisotopic (exact) mass is 288 g/mol. The van der Waals surface area contributed by atoms with Crippen molar-refractivity contribution in [1.29, 1.82) is 0 Å². The van der Waals surface area contributed by atoms with Crippen molar-refractivity contribution < 1.29 is 4.74 Å². The molecule has 3 N–H and O–H groups in total. The van der Waals surface area contributed by atoms with E-state index in [0.717, 1.165) is 18.7 Å². The molecule has 0 atom stereocenters. The van der Waals surface area contributed by atoms with Crippen LogP contribution in [0.25, 0.3) is 0 Å². The summed E-state index contributed by atoms with van der Waals surface area (Å²) in [4.78, 5) is 8.57. The standard InChI is InChI=1S/C14H16N4OS/c1-19-11-4-2-10(3-5-11)6-7-16-13-9-17-12(8-18-13)14(15)20/h2-5,8-9H,6-7H2,1H3,(H2,15,20)(H,16,18). The van der Waals surface area contributed by atoms with Gasteiger partial charge in [-0.2, -0.15) is 0 Å². The van der Waals surface area contributed by atoms with Crippen LogP contribution in [0.4, 0.5) is 5.82 Å². The molecule has 0 saturated carbocycles. The number of hydrogen-bond donors (Lipinski definition) is 2. The maximum Gasteiger partial charge on any atom is 0.144 e. The number of aromatic nitrogens is 2. The van der Waals surface area contributed by atoms with Crippen LogP contribution in [-0.2, 0) is 6.42 Å². The van der Waals surface area contributed by atoms with E-state index >= 15 is 0 Å². The Bertz CT molecular complexity index is 569. The third kappa shape index (κ3) is 3.89. The predicted octanol–water partition coefficient (Wildman–Crippen LogP) is 1.77. The first-order valence-corrected chi connectivity index (χ1v) is 6.58. The molecule has 0 unspecified atom stereocenters. The van der Waals surface area contributed by atoms with Crippen molar-refractivity contribution >= 4 is 23.0 Å². The van der Waals surface area contributed by atoms with E-state index in [1.54, 1.807) is 19.5 Å². The molecule has 0 aliphatic carbocycles. The van der Waals surface area contributed by atoms with Gasteiger partial charge in [-0.05, 0) is 24.1 Å². The van der Waals surface area contributed by atoms with Gasteiger partial charge in [0.05, 0.1) is 19.5 Å². The van der Waals surface area contributed by atoms with E-state index in [9.17, 15) is 0 Å². The molecule has 20 heavy (non-hydrogen) atoms. The van der Waals surface area contributed by atoms with Crippen molar-refractivity contribution in [2.45, 2.75) is 6.42 Å². The van der Waals surface area contributed by atoms with Crippen LogP contribution in [0, 0.1) is 0 Å². The number of methoxy groups -OCH3 is 1. The lowest BCUT2D eigenvalue weighted by Crippen LogP contribution is -2.13. The number of thiocarbonyl (C=S) groups is 1. The molecule has 5 nitrogen and oxygen atoms in total. The van der Waals surface area contributed by atoms with E-state index < -0.39 is 0 Å². The molecular formula is C14H16N4OS. The second-order valence-corrected chi connectivity index (χ2v) is 4.62. The fourth-order valence-corrected chi connectivity index (χ4v) is 1.78. The number of hydrogen-bond acceptors (Lipinski definition) is 5. The Kier molecular flexibility index (Phi) is 4.84. The summed E-state index contributed by atoms with van der Waals surface area (Å²) < 4.78 is 5.12. The molecule has 0 fully saturated rings. The molecule has 0 aliphatic heterocycles. The Labute approximate surface area is 123 Å². The molecule has 2 aromatic rings. The molecule has 6 heteroatoms. The van der Waals surface area contributed by atoms with Crippen molar-refractivity contribution in [2.24, 2.45) is 5.73 Å². The van der Waals surface area contributed by atoms with Crippen molar-refractivity contribution in [3.8, 4) is 5.75 Å². The van der Waals surface area contributed by atoms with Gasteiger partial charge in [-0.1, -0.05) is 24.4 Å². The third-order valence-corrected chi connectivity index (χ3v) is 2.99. The van der Waals surface area contributed by atoms with E-state index in [2.05, 4.69) is 15.3 Å². The highest BCUT2D eigenvalue weighted by atomic mass is 32.1. The quantitative estimate of drug-likeness (QED) is 0.789. The molecule has 1 heterocycles. The summed E-state index contributed by atoms with van der Waals surface area (Å²) in [7, 11) is 1.66. The summed E-state index contributed by atoms with van der Waals surface area (Å²) in [5.41, 5.74) is 7.22. The molecule has 2 rings (SSSR count). The average molecular weight is 288 g/mol. The predicted molar refractivity (Wildman–Crippen MR) is 83.1 cm³/mol. The largest absolute Gasteiger partial charge is 0.497 e. The summed E-state index contributed by atoms with van der Waals surface area (Å²) in [5, 5.41) is 3.20. The van der Waals surface area contributed by atoms with Gasteiger partial charge in [0, 0.05) is 6.54 Å². The molecular weight excluding hydrogens is 272 g/mol. The minimum Gasteiger partial charge on any atom is -0.497 e. The summed E-state index contributed by atoms with van der Waals surface area (Å²) in [5.74, 6) is 1.57. The molecule has 0 bridgehead atoms. The fourth-order valence-electron chi connectivity index (χ4n) is 1.67. The normalized spacial score (nSPS) is 10.1. The van der Waals surface area contributed by atoms with Gasteiger partial charge in [-0.3, -0.25) is 0 Å². The lowest BCUT2D eigenvalue weighted by molar-refractivity contribution is 0.414. The van der Waals surface area contributed by atoms with Crippen LogP contribution in [0.1, 0.15) is 11.3 Å². The minimum absolute atomic E-state index is 0.252. The zero-order chi connectivity index (χ0) is 14.4. The first kappa shape index (κ1) is 14.2. The van der Waals surface area contributed by atoms with Crippen molar-refractivity contribution in [2.75, 3.05) is 19.0 Å². The van der Waals surface area contributed by atoms with Crippen LogP contribution in [0.2, 0.25) is 0 Å². The van der Waals surface area contributed by atoms with Crippen LogP contribution in [-0.4, -0.2) is 28.6 Å². The van der Waals surface area contributed by atoms with Crippen molar-refractivity contribution in [3.05, 3.63) is 47.9 Å². The number of ether oxygens (including phenoxy) is 1. The average Bonchev–Trinajstić information content (AvgIpc) is 2.48. The van der Waals surface area contributed by atoms with Gasteiger partial charge in [-0.15, -0.1) is 0 Å². The topological polar surface area (TPSA) is 73.1 Å². The highest BCUT2D eigenvalue weighted by Gasteiger charge is 2.00. The van der Waals surface area contributed by atoms with Crippen LogP contribution in [0.15, 0.2) is 36.7 Å². The number of nitrogens with zero attached hydrogens (tertiary/aromatic N) is 2. The zero-order valence-electron chi connectivity index (χ0n) is 11.2. The van der Waals surface area contributed by atoms with Crippen LogP contribution < -0.4 is 15.8 Å². The highest BCUT2D eigenvalue weighted by molar-refractivity contribution is 7.80. The van der Waals surface area contributed by atoms with Crippen LogP contribution in [0.5, 0.6) is 5.75 Å². The summed E-state index contributed by atoms with van der Waals surface area (Å²) >= 11 is 4.82. The maximum atomic E-state index is 5.46. The minimum atomic E-state index is 0.252. The Morgan fingerprint density at radius 3 is 2.55 bits per heavy atom. The third-order valence-electron chi connectivity index (χ3n) is 2.78. The van der Waals surface area contributed by atoms with E-state index in [4.69, 9.17) is 22.7 Å². The van der Waals surface area contributed by atoms with Gasteiger partial charge in [0.1, 0.15) is 22.2 Å². The van der Waals surface area contributed by atoms with E-state index in [1.807, 2.05) is 24.3 Å². The van der Waals surface area contributed by atoms with Gasteiger partial charge in [0.25, 0.3) is 0 Å². The Balaban J connectivity index is 1.84. The van der Waals surface area contributed by atoms with Gasteiger partial charge < -0.3 is 15.8 Å². The Morgan fingerprint density at radius 2 is 2.00 bits per heavy atom. The summed E-state index contributed by atoms with van der Waals surface area (Å²) in [6.07, 6.45) is 4.09. The molecule has 1 aromatic heterocycles. The Morgan fingerprint density at radius 1 is 1.25 bits per heavy atom. The van der Waals surface area contributed by atoms with E-state index in [0.29, 0.717) is 11.5 Å². The number of nitrogens with one attached hydrogen (secondary N) is 1. The summed E-state index contributed by atoms with van der Waals surface area (Å²) in [6, 6.07) is 7.99. The Hall–Kier alpha value is -2.21. The second kappa shape index (κ2) is 6.81. The number of benzene rings is 1. The van der Waals surface area contributed by atoms with Crippen molar-refractivity contribution in [1.82, 2.24) is 9.97 Å². The second-order valence-electron chi connectivity index (χ2n) is 4.18. The van der Waals surface area contributed by atoms with Gasteiger partial charge in [-0.25, -0.2) is 9.97 Å². The van der Waals surface area contributed by atoms with Gasteiger partial charge >= 0.3 is 0 Å². The first-order chi connectivity index (χ1) is 9.69. The van der Waals surface area contributed by atoms with Gasteiger partial charge in [0.15, 0.2) is 0 Å². The highest BCUT2D eigenvalue weighted by Crippen LogP contribution is 2.11. The molecule has 0 aliphatic rings. The number of nitrogens with two attached hydrogens (primary N) is 1. The van der Waals surface area contributed by atoms with Gasteiger partial charge in [0.2, 0.25) is 0 Å². The van der Waals surface area contributed by atoms with E-state index in [-0.39, 0.29) is 4.99 Å². The summed E-state index contributed by atoms with van der Waals surface area (Å²) in [6.45, 7) is 0.771. The van der Waals surface area contributed by atoms with Crippen molar-refractivity contribution in [3.63, 3.8) is 0 Å². The van der Waals surface area contributed by atoms with Crippen LogP contribution in [0.3, 0.4) is 0 Å². The molecule has 1 aromatic carbocycles. The molecule has 104 valence electrons. The lowest BCUT2D eigenvalue weighted by atomic mass is 10.1. The fraction of sp³-hybridized carbons (Fsp3) is 0.214. The maximum absolute atomic E-state index is 5.46. The number of anilines is 1. The van der Waals surface area contributed by atoms with Crippen LogP contribution >= 0.6 is 12.2 Å². The zero-order valence-corrected chi connectivity index (χ0v) is 12.0. The molecule has 0 spiro atoms. The smallest absolute Gasteiger partial charge is 0.144 e. The number of rotatable bonds is 6. The SMILES string of the molecule is COc1ccc(CCNc2cnc(C(N)=S)cn2)cc1. The molecule has 0 saturated heterocycles. The molecule has 0 amide bonds. The molecule has 0 radical (unpaired) electrons. The first-order valence-electron chi connectivity index (χ1n) is 6.17.